The van der Waals surface area contributed by atoms with Gasteiger partial charge in [-0.05, 0) is 43.8 Å². The number of rotatable bonds is 5. The Morgan fingerprint density at radius 3 is 2.77 bits per heavy atom. The van der Waals surface area contributed by atoms with Crippen molar-refractivity contribution in [2.75, 3.05) is 13.1 Å². The molecule has 2 fully saturated rings. The van der Waals surface area contributed by atoms with Crippen LogP contribution in [0, 0.1) is 11.8 Å². The van der Waals surface area contributed by atoms with Gasteiger partial charge in [-0.3, -0.25) is 4.79 Å². The summed E-state index contributed by atoms with van der Waals surface area (Å²) < 4.78 is 5.33. The molecule has 5 heteroatoms. The quantitative estimate of drug-likeness (QED) is 0.634. The Morgan fingerprint density at radius 1 is 1.27 bits per heavy atom. The fraction of sp³-hybridized carbons (Fsp3) is 0.529. The molecule has 3 rings (SSSR count). The van der Waals surface area contributed by atoms with Crippen molar-refractivity contribution in [3.05, 3.63) is 35.9 Å². The van der Waals surface area contributed by atoms with Crippen molar-refractivity contribution in [2.45, 2.75) is 31.9 Å². The Hall–Kier alpha value is -1.88. The van der Waals surface area contributed by atoms with E-state index >= 15 is 0 Å². The highest BCUT2D eigenvalue weighted by atomic mass is 16.5. The highest BCUT2D eigenvalue weighted by molar-refractivity contribution is 5.97. The topological polar surface area (TPSA) is 67.4 Å². The summed E-state index contributed by atoms with van der Waals surface area (Å²) in [6, 6.07) is 9.10. The smallest absolute Gasteiger partial charge is 0.329 e. The van der Waals surface area contributed by atoms with Crippen molar-refractivity contribution in [3.63, 3.8) is 0 Å². The van der Waals surface area contributed by atoms with Gasteiger partial charge in [-0.15, -0.1) is 0 Å². The first-order chi connectivity index (χ1) is 10.7. The fourth-order valence-electron chi connectivity index (χ4n) is 3.19. The van der Waals surface area contributed by atoms with Gasteiger partial charge in [-0.1, -0.05) is 30.3 Å². The molecule has 0 aliphatic carbocycles. The highest BCUT2D eigenvalue weighted by Crippen LogP contribution is 2.27. The minimum Gasteiger partial charge on any atom is -0.459 e. The largest absolute Gasteiger partial charge is 0.459 e. The molecular formula is C17H22N2O3. The van der Waals surface area contributed by atoms with Gasteiger partial charge < -0.3 is 15.4 Å². The lowest BCUT2D eigenvalue weighted by Gasteiger charge is -2.37. The third-order valence-corrected chi connectivity index (χ3v) is 4.50. The maximum Gasteiger partial charge on any atom is 0.329 e. The summed E-state index contributed by atoms with van der Waals surface area (Å²) in [6.45, 7) is 2.25. The van der Waals surface area contributed by atoms with Crippen LogP contribution in [0.3, 0.4) is 0 Å². The standard InChI is InChI=1S/C17H22N2O3/c20-16-14(9-13-7-4-8-18-10-13)15(19-16)17(21)22-11-12-5-2-1-3-6-12/h1-3,5-6,13-15,18H,4,7-11H2,(H,19,20). The van der Waals surface area contributed by atoms with Gasteiger partial charge in [0.25, 0.3) is 0 Å². The molecule has 0 spiro atoms. The SMILES string of the molecule is O=C1NC(C(=O)OCc2ccccc2)C1CC1CCCNC1. The molecule has 0 bridgehead atoms. The van der Waals surface area contributed by atoms with E-state index in [-0.39, 0.29) is 24.4 Å². The van der Waals surface area contributed by atoms with Crippen molar-refractivity contribution in [1.29, 1.82) is 0 Å². The molecule has 118 valence electrons. The van der Waals surface area contributed by atoms with Gasteiger partial charge in [-0.25, -0.2) is 4.79 Å². The van der Waals surface area contributed by atoms with Crippen LogP contribution in [0.2, 0.25) is 0 Å². The number of ether oxygens (including phenoxy) is 1. The predicted octanol–water partition coefficient (Wildman–Crippen LogP) is 1.23. The van der Waals surface area contributed by atoms with Crippen molar-refractivity contribution in [1.82, 2.24) is 10.6 Å². The van der Waals surface area contributed by atoms with Gasteiger partial charge in [0.05, 0.1) is 5.92 Å². The molecule has 0 aromatic heterocycles. The van der Waals surface area contributed by atoms with E-state index in [9.17, 15) is 9.59 Å². The van der Waals surface area contributed by atoms with Crippen LogP contribution in [0.1, 0.15) is 24.8 Å². The first kappa shape index (κ1) is 15.0. The Balaban J connectivity index is 1.50. The van der Waals surface area contributed by atoms with E-state index in [1.165, 1.54) is 0 Å². The molecule has 3 atom stereocenters. The molecule has 1 aromatic rings. The number of carbonyl (C=O) groups is 2. The maximum absolute atomic E-state index is 12.1. The second-order valence-corrected chi connectivity index (χ2v) is 6.13. The average Bonchev–Trinajstić information content (AvgIpc) is 2.57. The van der Waals surface area contributed by atoms with Crippen LogP contribution in [-0.2, 0) is 20.9 Å². The number of hydrogen-bond donors (Lipinski definition) is 2. The second kappa shape index (κ2) is 6.92. The summed E-state index contributed by atoms with van der Waals surface area (Å²) in [5, 5.41) is 6.03. The van der Waals surface area contributed by atoms with Gasteiger partial charge in [0.2, 0.25) is 5.91 Å². The van der Waals surface area contributed by atoms with E-state index in [2.05, 4.69) is 10.6 Å². The lowest BCUT2D eigenvalue weighted by Crippen LogP contribution is -2.63. The lowest BCUT2D eigenvalue weighted by molar-refractivity contribution is -0.159. The summed E-state index contributed by atoms with van der Waals surface area (Å²) >= 11 is 0. The molecule has 2 heterocycles. The van der Waals surface area contributed by atoms with Crippen molar-refractivity contribution in [2.24, 2.45) is 11.8 Å². The van der Waals surface area contributed by atoms with Gasteiger partial charge >= 0.3 is 5.97 Å². The van der Waals surface area contributed by atoms with Crippen molar-refractivity contribution in [3.8, 4) is 0 Å². The fourth-order valence-corrected chi connectivity index (χ4v) is 3.19. The highest BCUT2D eigenvalue weighted by Gasteiger charge is 2.45. The van der Waals surface area contributed by atoms with Crippen LogP contribution >= 0.6 is 0 Å². The van der Waals surface area contributed by atoms with Crippen LogP contribution in [-0.4, -0.2) is 31.0 Å². The van der Waals surface area contributed by atoms with E-state index in [0.717, 1.165) is 37.9 Å². The number of piperidine rings is 1. The number of β-lactam (4-membered cyclic amide) rings is 1. The molecule has 2 aliphatic heterocycles. The van der Waals surface area contributed by atoms with E-state index in [1.807, 2.05) is 30.3 Å². The van der Waals surface area contributed by atoms with E-state index in [4.69, 9.17) is 4.74 Å². The van der Waals surface area contributed by atoms with E-state index in [1.54, 1.807) is 0 Å². The monoisotopic (exact) mass is 302 g/mol. The molecule has 1 aromatic carbocycles. The Kier molecular flexibility index (Phi) is 4.73. The number of amides is 1. The molecule has 2 saturated heterocycles. The number of esters is 1. The molecule has 3 unspecified atom stereocenters. The van der Waals surface area contributed by atoms with Crippen LogP contribution in [0.5, 0.6) is 0 Å². The van der Waals surface area contributed by atoms with E-state index < -0.39 is 6.04 Å². The average molecular weight is 302 g/mol. The summed E-state index contributed by atoms with van der Waals surface area (Å²) in [7, 11) is 0. The van der Waals surface area contributed by atoms with E-state index in [0.29, 0.717) is 5.92 Å². The lowest BCUT2D eigenvalue weighted by atomic mass is 9.80. The molecule has 2 N–H and O–H groups in total. The molecular weight excluding hydrogens is 280 g/mol. The molecule has 5 nitrogen and oxygen atoms in total. The molecule has 22 heavy (non-hydrogen) atoms. The minimum absolute atomic E-state index is 0.0211. The zero-order valence-electron chi connectivity index (χ0n) is 12.6. The van der Waals surface area contributed by atoms with Crippen LogP contribution < -0.4 is 10.6 Å². The van der Waals surface area contributed by atoms with Crippen LogP contribution in [0.25, 0.3) is 0 Å². The number of nitrogens with one attached hydrogen (secondary N) is 2. The minimum atomic E-state index is -0.474. The summed E-state index contributed by atoms with van der Waals surface area (Å²) in [6.07, 6.45) is 3.04. The zero-order chi connectivity index (χ0) is 15.4. The third kappa shape index (κ3) is 3.47. The first-order valence-electron chi connectivity index (χ1n) is 7.95. The zero-order valence-corrected chi connectivity index (χ0v) is 12.6. The van der Waals surface area contributed by atoms with Gasteiger partial charge in [0, 0.05) is 0 Å². The second-order valence-electron chi connectivity index (χ2n) is 6.13. The molecule has 0 saturated carbocycles. The van der Waals surface area contributed by atoms with Gasteiger partial charge in [-0.2, -0.15) is 0 Å². The summed E-state index contributed by atoms with van der Waals surface area (Å²) in [5.41, 5.74) is 0.953. The van der Waals surface area contributed by atoms with Gasteiger partial charge in [0.1, 0.15) is 12.6 Å². The van der Waals surface area contributed by atoms with Gasteiger partial charge in [0.15, 0.2) is 0 Å². The molecule has 0 radical (unpaired) electrons. The first-order valence-corrected chi connectivity index (χ1v) is 7.95. The number of benzene rings is 1. The maximum atomic E-state index is 12.1. The van der Waals surface area contributed by atoms with Crippen LogP contribution in [0.15, 0.2) is 30.3 Å². The predicted molar refractivity (Wildman–Crippen MR) is 81.9 cm³/mol. The van der Waals surface area contributed by atoms with Crippen molar-refractivity contribution < 1.29 is 14.3 Å². The Bertz CT molecular complexity index is 526. The normalized spacial score (nSPS) is 27.6. The number of carbonyl (C=O) groups excluding carboxylic acids is 2. The Labute approximate surface area is 130 Å². The third-order valence-electron chi connectivity index (χ3n) is 4.50. The van der Waals surface area contributed by atoms with Crippen LogP contribution in [0.4, 0.5) is 0 Å². The number of hydrogen-bond acceptors (Lipinski definition) is 4. The molecule has 2 aliphatic rings. The van der Waals surface area contributed by atoms with Crippen molar-refractivity contribution >= 4 is 11.9 Å². The summed E-state index contributed by atoms with van der Waals surface area (Å²) in [5.74, 6) is -0.0909. The molecule has 1 amide bonds. The Morgan fingerprint density at radius 2 is 2.09 bits per heavy atom. The summed E-state index contributed by atoms with van der Waals surface area (Å²) in [4.78, 5) is 23.9.